The molecule has 1 unspecified atom stereocenters. The molecule has 0 fully saturated rings. The van der Waals surface area contributed by atoms with Crippen LogP contribution in [0, 0.1) is 0 Å². The van der Waals surface area contributed by atoms with Crippen molar-refractivity contribution in [3.63, 3.8) is 0 Å². The molecular weight excluding hydrogens is 324 g/mol. The van der Waals surface area contributed by atoms with E-state index in [0.717, 1.165) is 38.5 Å². The lowest BCUT2D eigenvalue weighted by molar-refractivity contribution is -0.139. The molecule has 1 rings (SSSR count). The van der Waals surface area contributed by atoms with Crippen LogP contribution in [0.25, 0.3) is 10.4 Å². The van der Waals surface area contributed by atoms with Crippen LogP contribution in [0.2, 0.25) is 0 Å². The van der Waals surface area contributed by atoms with Gasteiger partial charge in [0.1, 0.15) is 0 Å². The predicted molar refractivity (Wildman–Crippen MR) is 97.9 cm³/mol. The summed E-state index contributed by atoms with van der Waals surface area (Å²) in [6, 6.07) is 4.05. The van der Waals surface area contributed by atoms with E-state index in [1.54, 1.807) is 18.0 Å². The summed E-state index contributed by atoms with van der Waals surface area (Å²) >= 11 is 1.67. The van der Waals surface area contributed by atoms with Gasteiger partial charge in [0.15, 0.2) is 0 Å². The third-order valence-electron chi connectivity index (χ3n) is 3.55. The maximum atomic E-state index is 11.6. The maximum absolute atomic E-state index is 11.6. The third-order valence-corrected chi connectivity index (χ3v) is 4.90. The molecule has 0 amide bonds. The summed E-state index contributed by atoms with van der Waals surface area (Å²) in [6.07, 6.45) is 9.74. The SMILES string of the molecule is CCOC(=O)CSC(CCCCN=[N+]=[N-])CCCc1cccnc1. The molecular formula is C17H26N4O2S. The van der Waals surface area contributed by atoms with Crippen LogP contribution in [0.5, 0.6) is 0 Å². The van der Waals surface area contributed by atoms with Crippen LogP contribution in [-0.2, 0) is 16.0 Å². The van der Waals surface area contributed by atoms with Crippen molar-refractivity contribution < 1.29 is 9.53 Å². The van der Waals surface area contributed by atoms with E-state index in [4.69, 9.17) is 10.3 Å². The van der Waals surface area contributed by atoms with Crippen molar-refractivity contribution in [2.24, 2.45) is 5.11 Å². The summed E-state index contributed by atoms with van der Waals surface area (Å²) in [4.78, 5) is 18.5. The topological polar surface area (TPSA) is 88.0 Å². The summed E-state index contributed by atoms with van der Waals surface area (Å²) in [5.41, 5.74) is 9.54. The number of aryl methyl sites for hydroxylation is 1. The summed E-state index contributed by atoms with van der Waals surface area (Å²) in [5.74, 6) is 0.260. The monoisotopic (exact) mass is 350 g/mol. The standard InChI is InChI=1S/C17H26N4O2S/c1-2-23-17(22)14-24-16(9-3-4-12-20-21-18)10-5-7-15-8-6-11-19-13-15/h6,8,11,13,16H,2-5,7,9-10,12,14H2,1H3. The third kappa shape index (κ3) is 10.1. The molecule has 0 aliphatic rings. The molecule has 0 spiro atoms. The van der Waals surface area contributed by atoms with Gasteiger partial charge in [0.05, 0.1) is 12.4 Å². The van der Waals surface area contributed by atoms with Gasteiger partial charge in [0, 0.05) is 29.1 Å². The Labute approximate surface area is 148 Å². The van der Waals surface area contributed by atoms with Gasteiger partial charge in [-0.3, -0.25) is 9.78 Å². The lowest BCUT2D eigenvalue weighted by Gasteiger charge is -2.16. The molecule has 0 saturated carbocycles. The van der Waals surface area contributed by atoms with Crippen molar-refractivity contribution >= 4 is 17.7 Å². The van der Waals surface area contributed by atoms with Gasteiger partial charge < -0.3 is 4.74 Å². The van der Waals surface area contributed by atoms with E-state index in [1.165, 1.54) is 5.56 Å². The Balaban J connectivity index is 2.34. The van der Waals surface area contributed by atoms with E-state index in [1.807, 2.05) is 19.2 Å². The van der Waals surface area contributed by atoms with Crippen molar-refractivity contribution in [2.75, 3.05) is 18.9 Å². The van der Waals surface area contributed by atoms with Gasteiger partial charge in [-0.25, -0.2) is 0 Å². The van der Waals surface area contributed by atoms with Gasteiger partial charge in [-0.2, -0.15) is 0 Å². The average Bonchev–Trinajstić information content (AvgIpc) is 2.60. The van der Waals surface area contributed by atoms with Crippen LogP contribution in [0.15, 0.2) is 29.6 Å². The Kier molecular flexibility index (Phi) is 11.6. The lowest BCUT2D eigenvalue weighted by atomic mass is 10.1. The fraction of sp³-hybridized carbons (Fsp3) is 0.647. The fourth-order valence-electron chi connectivity index (χ4n) is 2.38. The highest BCUT2D eigenvalue weighted by atomic mass is 32.2. The second kappa shape index (κ2) is 13.7. The zero-order chi connectivity index (χ0) is 17.5. The number of ether oxygens (including phenoxy) is 1. The zero-order valence-electron chi connectivity index (χ0n) is 14.3. The smallest absolute Gasteiger partial charge is 0.315 e. The van der Waals surface area contributed by atoms with Crippen LogP contribution in [0.1, 0.15) is 44.6 Å². The molecule has 0 bridgehead atoms. The van der Waals surface area contributed by atoms with Crippen molar-refractivity contribution in [3.05, 3.63) is 40.5 Å². The predicted octanol–water partition coefficient (Wildman–Crippen LogP) is 4.55. The maximum Gasteiger partial charge on any atom is 0.315 e. The second-order valence-corrected chi connectivity index (χ2v) is 6.73. The number of pyridine rings is 1. The number of carbonyl (C=O) groups is 1. The number of thioether (sulfide) groups is 1. The number of esters is 1. The molecule has 1 atom stereocenters. The van der Waals surface area contributed by atoms with Crippen LogP contribution >= 0.6 is 11.8 Å². The number of hydrogen-bond acceptors (Lipinski definition) is 5. The summed E-state index contributed by atoms with van der Waals surface area (Å²) in [7, 11) is 0. The van der Waals surface area contributed by atoms with E-state index in [2.05, 4.69) is 21.1 Å². The highest BCUT2D eigenvalue weighted by Gasteiger charge is 2.12. The van der Waals surface area contributed by atoms with Gasteiger partial charge in [-0.05, 0) is 56.2 Å². The minimum Gasteiger partial charge on any atom is -0.465 e. The second-order valence-electron chi connectivity index (χ2n) is 5.44. The summed E-state index contributed by atoms with van der Waals surface area (Å²) in [5, 5.41) is 3.99. The Hall–Kier alpha value is -1.72. The fourth-order valence-corrected chi connectivity index (χ4v) is 3.50. The first-order valence-electron chi connectivity index (χ1n) is 8.43. The molecule has 24 heavy (non-hydrogen) atoms. The Bertz CT molecular complexity index is 507. The number of carbonyl (C=O) groups excluding carboxylic acids is 1. The molecule has 0 radical (unpaired) electrons. The molecule has 0 aliphatic heterocycles. The number of unbranched alkanes of at least 4 members (excludes halogenated alkanes) is 1. The minimum atomic E-state index is -0.145. The van der Waals surface area contributed by atoms with Crippen LogP contribution in [-0.4, -0.2) is 35.1 Å². The molecule has 6 nitrogen and oxygen atoms in total. The molecule has 1 aromatic rings. The van der Waals surface area contributed by atoms with Crippen LogP contribution < -0.4 is 0 Å². The lowest BCUT2D eigenvalue weighted by Crippen LogP contribution is -2.12. The first-order valence-corrected chi connectivity index (χ1v) is 9.48. The quantitative estimate of drug-likeness (QED) is 0.172. The van der Waals surface area contributed by atoms with Gasteiger partial charge in [-0.15, -0.1) is 11.8 Å². The van der Waals surface area contributed by atoms with Crippen molar-refractivity contribution in [1.82, 2.24) is 4.98 Å². The average molecular weight is 350 g/mol. The van der Waals surface area contributed by atoms with E-state index in [-0.39, 0.29) is 5.97 Å². The Morgan fingerprint density at radius 2 is 2.25 bits per heavy atom. The number of rotatable bonds is 13. The molecule has 0 saturated heterocycles. The molecule has 7 heteroatoms. The van der Waals surface area contributed by atoms with E-state index in [0.29, 0.717) is 24.2 Å². The number of aromatic nitrogens is 1. The van der Waals surface area contributed by atoms with E-state index >= 15 is 0 Å². The highest BCUT2D eigenvalue weighted by Crippen LogP contribution is 2.23. The van der Waals surface area contributed by atoms with Crippen molar-refractivity contribution in [1.29, 1.82) is 0 Å². The van der Waals surface area contributed by atoms with Crippen molar-refractivity contribution in [3.8, 4) is 0 Å². The first-order chi connectivity index (χ1) is 11.8. The molecule has 1 aromatic heterocycles. The zero-order valence-corrected chi connectivity index (χ0v) is 15.1. The first kappa shape index (κ1) is 20.3. The molecule has 1 heterocycles. The normalized spacial score (nSPS) is 11.5. The minimum absolute atomic E-state index is 0.145. The summed E-state index contributed by atoms with van der Waals surface area (Å²) < 4.78 is 5.00. The molecule has 132 valence electrons. The number of hydrogen-bond donors (Lipinski definition) is 0. The van der Waals surface area contributed by atoms with E-state index in [9.17, 15) is 4.79 Å². The Morgan fingerprint density at radius 1 is 1.42 bits per heavy atom. The molecule has 0 aromatic carbocycles. The Morgan fingerprint density at radius 3 is 2.96 bits per heavy atom. The van der Waals surface area contributed by atoms with Gasteiger partial charge in [-0.1, -0.05) is 17.6 Å². The summed E-state index contributed by atoms with van der Waals surface area (Å²) in [6.45, 7) is 2.79. The van der Waals surface area contributed by atoms with Crippen LogP contribution in [0.4, 0.5) is 0 Å². The number of nitrogens with zero attached hydrogens (tertiary/aromatic N) is 4. The highest BCUT2D eigenvalue weighted by molar-refractivity contribution is 8.00. The van der Waals surface area contributed by atoms with Gasteiger partial charge >= 0.3 is 5.97 Å². The van der Waals surface area contributed by atoms with Crippen LogP contribution in [0.3, 0.4) is 0 Å². The van der Waals surface area contributed by atoms with Crippen molar-refractivity contribution in [2.45, 2.75) is 50.7 Å². The molecule has 0 aliphatic carbocycles. The molecule has 0 N–H and O–H groups in total. The van der Waals surface area contributed by atoms with Gasteiger partial charge in [0.2, 0.25) is 0 Å². The number of azide groups is 1. The van der Waals surface area contributed by atoms with E-state index < -0.39 is 0 Å². The van der Waals surface area contributed by atoms with Gasteiger partial charge in [0.25, 0.3) is 0 Å². The largest absolute Gasteiger partial charge is 0.465 e.